The highest BCUT2D eigenvalue weighted by Crippen LogP contribution is 2.17. The van der Waals surface area contributed by atoms with Gasteiger partial charge in [0.2, 0.25) is 0 Å². The molecule has 1 aliphatic heterocycles. The fraction of sp³-hybridized carbons (Fsp3) is 0.538. The van der Waals surface area contributed by atoms with Crippen molar-refractivity contribution in [2.24, 2.45) is 0 Å². The number of rotatable bonds is 3. The van der Waals surface area contributed by atoms with Crippen molar-refractivity contribution in [3.8, 4) is 0 Å². The van der Waals surface area contributed by atoms with Crippen molar-refractivity contribution >= 4 is 17.2 Å². The van der Waals surface area contributed by atoms with E-state index in [2.05, 4.69) is 32.0 Å². The number of carbonyl (C=O) groups excluding carboxylic acids is 1. The Morgan fingerprint density at radius 2 is 2.40 bits per heavy atom. The van der Waals surface area contributed by atoms with Crippen LogP contribution in [0.15, 0.2) is 5.51 Å². The first kappa shape index (κ1) is 13.2. The summed E-state index contributed by atoms with van der Waals surface area (Å²) in [7, 11) is 0. The topological polar surface area (TPSA) is 72.7 Å². The second-order valence-corrected chi connectivity index (χ2v) is 5.83. The molecule has 0 radical (unpaired) electrons. The molecule has 2 aromatic heterocycles. The van der Waals surface area contributed by atoms with Crippen molar-refractivity contribution in [2.75, 3.05) is 0 Å². The lowest BCUT2D eigenvalue weighted by Crippen LogP contribution is -2.41. The third-order valence-corrected chi connectivity index (χ3v) is 4.55. The minimum absolute atomic E-state index is 0.0235. The molecule has 0 saturated heterocycles. The Hall–Kier alpha value is -1.76. The van der Waals surface area contributed by atoms with Crippen LogP contribution in [-0.4, -0.2) is 31.7 Å². The fourth-order valence-corrected chi connectivity index (χ4v) is 3.24. The van der Waals surface area contributed by atoms with Gasteiger partial charge in [0.1, 0.15) is 16.5 Å². The summed E-state index contributed by atoms with van der Waals surface area (Å²) in [6.45, 7) is 4.69. The molecular formula is C13H17N5OS. The summed E-state index contributed by atoms with van der Waals surface area (Å²) in [6.07, 6.45) is 2.63. The van der Waals surface area contributed by atoms with E-state index in [1.807, 2.05) is 6.92 Å². The van der Waals surface area contributed by atoms with Crippen LogP contribution in [0.25, 0.3) is 0 Å². The summed E-state index contributed by atoms with van der Waals surface area (Å²) in [5.74, 6) is 2.00. The highest BCUT2D eigenvalue weighted by molar-refractivity contribution is 7.11. The van der Waals surface area contributed by atoms with Crippen molar-refractivity contribution in [3.05, 3.63) is 27.7 Å². The van der Waals surface area contributed by atoms with Gasteiger partial charge in [-0.05, 0) is 13.3 Å². The first-order valence-electron chi connectivity index (χ1n) is 6.81. The van der Waals surface area contributed by atoms with Crippen molar-refractivity contribution in [1.82, 2.24) is 25.1 Å². The summed E-state index contributed by atoms with van der Waals surface area (Å²) in [5.41, 5.74) is 2.50. The number of fused-ring (bicyclic) bond motifs is 1. The Labute approximate surface area is 121 Å². The van der Waals surface area contributed by atoms with Gasteiger partial charge in [0.15, 0.2) is 0 Å². The molecular weight excluding hydrogens is 274 g/mol. The van der Waals surface area contributed by atoms with Gasteiger partial charge in [0.25, 0.3) is 5.91 Å². The second-order valence-electron chi connectivity index (χ2n) is 4.97. The average Bonchev–Trinajstić information content (AvgIpc) is 3.04. The van der Waals surface area contributed by atoms with Gasteiger partial charge in [-0.1, -0.05) is 6.92 Å². The van der Waals surface area contributed by atoms with E-state index < -0.39 is 0 Å². The summed E-state index contributed by atoms with van der Waals surface area (Å²) in [5, 5.41) is 11.5. The lowest BCUT2D eigenvalue weighted by atomic mass is 10.1. The molecule has 20 heavy (non-hydrogen) atoms. The number of amides is 1. The minimum Gasteiger partial charge on any atom is -0.347 e. The van der Waals surface area contributed by atoms with Gasteiger partial charge in [-0.3, -0.25) is 4.79 Å². The number of hydrogen-bond donors (Lipinski definition) is 1. The monoisotopic (exact) mass is 291 g/mol. The van der Waals surface area contributed by atoms with E-state index in [4.69, 9.17) is 0 Å². The molecule has 1 atom stereocenters. The second kappa shape index (κ2) is 5.32. The van der Waals surface area contributed by atoms with Crippen LogP contribution in [-0.2, 0) is 19.4 Å². The molecule has 1 amide bonds. The standard InChI is InChI=1S/C13H17N5OS/c1-3-10-16-17-11-5-4-9(6-18(10)11)15-13(19)12-8(2)14-7-20-12/h7,9H,3-6H2,1-2H3,(H,15,19)/t9-/m1/s1. The molecule has 1 aliphatic rings. The van der Waals surface area contributed by atoms with Gasteiger partial charge >= 0.3 is 0 Å². The van der Waals surface area contributed by atoms with E-state index in [1.54, 1.807) is 5.51 Å². The van der Waals surface area contributed by atoms with E-state index in [-0.39, 0.29) is 11.9 Å². The molecule has 0 fully saturated rings. The lowest BCUT2D eigenvalue weighted by Gasteiger charge is -2.25. The smallest absolute Gasteiger partial charge is 0.263 e. The number of nitrogens with one attached hydrogen (secondary N) is 1. The summed E-state index contributed by atoms with van der Waals surface area (Å²) >= 11 is 1.39. The molecule has 0 aromatic carbocycles. The Bertz CT molecular complexity index is 619. The Morgan fingerprint density at radius 1 is 1.55 bits per heavy atom. The van der Waals surface area contributed by atoms with Crippen LogP contribution in [0, 0.1) is 6.92 Å². The van der Waals surface area contributed by atoms with E-state index in [0.29, 0.717) is 4.88 Å². The molecule has 7 heteroatoms. The van der Waals surface area contributed by atoms with Crippen molar-refractivity contribution in [2.45, 2.75) is 45.7 Å². The molecule has 0 unspecified atom stereocenters. The van der Waals surface area contributed by atoms with Crippen LogP contribution in [0.5, 0.6) is 0 Å². The van der Waals surface area contributed by atoms with E-state index in [0.717, 1.165) is 43.1 Å². The van der Waals surface area contributed by atoms with E-state index in [1.165, 1.54) is 11.3 Å². The Morgan fingerprint density at radius 3 is 3.10 bits per heavy atom. The number of aromatic nitrogens is 4. The summed E-state index contributed by atoms with van der Waals surface area (Å²) in [4.78, 5) is 17.0. The lowest BCUT2D eigenvalue weighted by molar-refractivity contribution is 0.0930. The van der Waals surface area contributed by atoms with E-state index in [9.17, 15) is 4.79 Å². The van der Waals surface area contributed by atoms with Crippen molar-refractivity contribution in [1.29, 1.82) is 0 Å². The van der Waals surface area contributed by atoms with Gasteiger partial charge in [-0.25, -0.2) is 4.98 Å². The zero-order chi connectivity index (χ0) is 14.1. The summed E-state index contributed by atoms with van der Waals surface area (Å²) in [6, 6.07) is 0.137. The van der Waals surface area contributed by atoms with Crippen LogP contribution in [0.4, 0.5) is 0 Å². The highest BCUT2D eigenvalue weighted by Gasteiger charge is 2.24. The Kier molecular flexibility index (Phi) is 3.52. The molecule has 6 nitrogen and oxygen atoms in total. The molecule has 3 heterocycles. The van der Waals surface area contributed by atoms with Gasteiger partial charge in [0.05, 0.1) is 11.2 Å². The maximum Gasteiger partial charge on any atom is 0.263 e. The molecule has 2 aromatic rings. The molecule has 0 bridgehead atoms. The van der Waals surface area contributed by atoms with Crippen LogP contribution in [0.3, 0.4) is 0 Å². The van der Waals surface area contributed by atoms with Gasteiger partial charge in [-0.15, -0.1) is 21.5 Å². The zero-order valence-electron chi connectivity index (χ0n) is 11.6. The van der Waals surface area contributed by atoms with Gasteiger partial charge in [0, 0.05) is 25.4 Å². The minimum atomic E-state index is -0.0235. The first-order valence-corrected chi connectivity index (χ1v) is 7.69. The maximum atomic E-state index is 12.2. The molecule has 106 valence electrons. The van der Waals surface area contributed by atoms with Gasteiger partial charge < -0.3 is 9.88 Å². The third-order valence-electron chi connectivity index (χ3n) is 3.63. The third kappa shape index (κ3) is 2.33. The first-order chi connectivity index (χ1) is 9.69. The quantitative estimate of drug-likeness (QED) is 0.926. The van der Waals surface area contributed by atoms with Crippen LogP contribution in [0.1, 0.15) is 40.4 Å². The largest absolute Gasteiger partial charge is 0.347 e. The average molecular weight is 291 g/mol. The number of aryl methyl sites for hydroxylation is 3. The van der Waals surface area contributed by atoms with Crippen molar-refractivity contribution in [3.63, 3.8) is 0 Å². The van der Waals surface area contributed by atoms with Crippen molar-refractivity contribution < 1.29 is 4.79 Å². The number of carbonyl (C=O) groups is 1. The highest BCUT2D eigenvalue weighted by atomic mass is 32.1. The predicted octanol–water partition coefficient (Wildman–Crippen LogP) is 1.35. The SMILES string of the molecule is CCc1nnc2n1C[C@H](NC(=O)c1scnc1C)CC2. The van der Waals surface area contributed by atoms with Gasteiger partial charge in [-0.2, -0.15) is 0 Å². The van der Waals surface area contributed by atoms with E-state index >= 15 is 0 Å². The molecule has 0 spiro atoms. The predicted molar refractivity (Wildman–Crippen MR) is 75.8 cm³/mol. The molecule has 1 N–H and O–H groups in total. The fourth-order valence-electron chi connectivity index (χ4n) is 2.53. The molecule has 0 aliphatic carbocycles. The molecule has 0 saturated carbocycles. The van der Waals surface area contributed by atoms with Crippen LogP contribution < -0.4 is 5.32 Å². The maximum absolute atomic E-state index is 12.2. The number of nitrogens with zero attached hydrogens (tertiary/aromatic N) is 4. The van der Waals surface area contributed by atoms with Crippen LogP contribution in [0.2, 0.25) is 0 Å². The Balaban J connectivity index is 1.71. The van der Waals surface area contributed by atoms with Crippen LogP contribution >= 0.6 is 11.3 Å². The number of thiazole rings is 1. The zero-order valence-corrected chi connectivity index (χ0v) is 12.4. The number of hydrogen-bond acceptors (Lipinski definition) is 5. The summed E-state index contributed by atoms with van der Waals surface area (Å²) < 4.78 is 2.13. The molecule has 3 rings (SSSR count). The normalized spacial score (nSPS) is 17.8.